The maximum atomic E-state index is 12.8. The maximum Gasteiger partial charge on any atom is 0.244 e. The quantitative estimate of drug-likeness (QED) is 0.871. The molecule has 0 fully saturated rings. The molecule has 1 heterocycles. The van der Waals surface area contributed by atoms with Gasteiger partial charge in [0.1, 0.15) is 5.78 Å². The molecule has 0 saturated carbocycles. The molecule has 1 atom stereocenters. The summed E-state index contributed by atoms with van der Waals surface area (Å²) in [4.78, 5) is 11.9. The van der Waals surface area contributed by atoms with Gasteiger partial charge in [-0.05, 0) is 24.1 Å². The summed E-state index contributed by atoms with van der Waals surface area (Å²) in [6, 6.07) is 16.0. The highest BCUT2D eigenvalue weighted by Crippen LogP contribution is 2.42. The van der Waals surface area contributed by atoms with Gasteiger partial charge >= 0.3 is 0 Å². The molecule has 0 aliphatic carbocycles. The first-order chi connectivity index (χ1) is 10.5. The first-order valence-corrected chi connectivity index (χ1v) is 8.58. The molecule has 0 bridgehead atoms. The van der Waals surface area contributed by atoms with Crippen LogP contribution in [0.25, 0.3) is 0 Å². The van der Waals surface area contributed by atoms with Crippen LogP contribution in [-0.4, -0.2) is 18.5 Å². The smallest absolute Gasteiger partial charge is 0.244 e. The van der Waals surface area contributed by atoms with E-state index < -0.39 is 16.1 Å². The maximum absolute atomic E-state index is 12.8. The average Bonchev–Trinajstić information content (AvgIpc) is 2.70. The Balaban J connectivity index is 2.05. The van der Waals surface area contributed by atoms with Gasteiger partial charge in [0.05, 0.1) is 10.9 Å². The Morgan fingerprint density at radius 1 is 1.05 bits per heavy atom. The number of nitrogens with zero attached hydrogens (tertiary/aromatic N) is 1. The van der Waals surface area contributed by atoms with Gasteiger partial charge in [-0.3, -0.25) is 4.79 Å². The molecular formula is C17H17NO3S. The van der Waals surface area contributed by atoms with E-state index in [1.807, 2.05) is 36.4 Å². The molecule has 0 radical (unpaired) electrons. The van der Waals surface area contributed by atoms with E-state index in [1.54, 1.807) is 18.2 Å². The molecule has 0 N–H and O–H groups in total. The zero-order valence-corrected chi connectivity index (χ0v) is 13.1. The Morgan fingerprint density at radius 2 is 1.68 bits per heavy atom. The Bertz CT molecular complexity index is 800. The molecule has 0 aromatic heterocycles. The predicted molar refractivity (Wildman–Crippen MR) is 83.7 cm³/mol. The lowest BCUT2D eigenvalue weighted by Gasteiger charge is -2.22. The fraction of sp³-hybridized carbons (Fsp3) is 0.235. The van der Waals surface area contributed by atoms with Crippen molar-refractivity contribution in [2.24, 2.45) is 0 Å². The molecule has 1 aliphatic heterocycles. The van der Waals surface area contributed by atoms with Gasteiger partial charge in [-0.1, -0.05) is 48.5 Å². The van der Waals surface area contributed by atoms with Crippen LogP contribution in [0.15, 0.2) is 59.5 Å². The minimum Gasteiger partial charge on any atom is -0.300 e. The number of hydrogen-bond donors (Lipinski definition) is 0. The molecule has 3 rings (SSSR count). The zero-order chi connectivity index (χ0) is 15.7. The normalized spacial score (nSPS) is 19.8. The Hall–Kier alpha value is -1.98. The van der Waals surface area contributed by atoms with E-state index in [9.17, 15) is 13.2 Å². The lowest BCUT2D eigenvalue weighted by molar-refractivity contribution is -0.117. The van der Waals surface area contributed by atoms with Crippen LogP contribution in [-0.2, 0) is 21.4 Å². The van der Waals surface area contributed by atoms with Crippen LogP contribution in [0.1, 0.15) is 30.5 Å². The first kappa shape index (κ1) is 14.9. The van der Waals surface area contributed by atoms with Gasteiger partial charge in [-0.2, -0.15) is 4.31 Å². The molecule has 0 amide bonds. The van der Waals surface area contributed by atoms with Gasteiger partial charge in [0, 0.05) is 13.0 Å². The molecule has 114 valence electrons. The summed E-state index contributed by atoms with van der Waals surface area (Å²) < 4.78 is 27.0. The summed E-state index contributed by atoms with van der Waals surface area (Å²) in [5, 5.41) is 0. The number of ketones is 1. The second kappa shape index (κ2) is 5.66. The van der Waals surface area contributed by atoms with Crippen molar-refractivity contribution in [1.29, 1.82) is 0 Å². The van der Waals surface area contributed by atoms with Crippen LogP contribution >= 0.6 is 0 Å². The standard InChI is InChI=1S/C17H17NO3S/c1-13(19)11-16-15-9-5-6-10-17(15)22(20,21)18(16)12-14-7-3-2-4-8-14/h2-10,16H,11-12H2,1H3. The van der Waals surface area contributed by atoms with Gasteiger partial charge in [-0.25, -0.2) is 8.42 Å². The molecule has 5 heteroatoms. The van der Waals surface area contributed by atoms with E-state index >= 15 is 0 Å². The van der Waals surface area contributed by atoms with E-state index in [2.05, 4.69) is 0 Å². The molecule has 1 aliphatic rings. The topological polar surface area (TPSA) is 54.5 Å². The van der Waals surface area contributed by atoms with Crippen molar-refractivity contribution in [3.63, 3.8) is 0 Å². The third kappa shape index (κ3) is 2.58. The summed E-state index contributed by atoms with van der Waals surface area (Å²) in [5.74, 6) is -0.0186. The van der Waals surface area contributed by atoms with Gasteiger partial charge in [0.2, 0.25) is 10.0 Å². The van der Waals surface area contributed by atoms with E-state index in [4.69, 9.17) is 0 Å². The van der Waals surface area contributed by atoms with E-state index in [0.29, 0.717) is 10.5 Å². The fourth-order valence-corrected chi connectivity index (χ4v) is 4.73. The minimum absolute atomic E-state index is 0.0186. The van der Waals surface area contributed by atoms with Gasteiger partial charge in [0.15, 0.2) is 0 Å². The minimum atomic E-state index is -3.56. The van der Waals surface area contributed by atoms with Crippen molar-refractivity contribution in [3.8, 4) is 0 Å². The summed E-state index contributed by atoms with van der Waals surface area (Å²) >= 11 is 0. The number of hydrogen-bond acceptors (Lipinski definition) is 3. The number of carbonyl (C=O) groups excluding carboxylic acids is 1. The molecule has 4 nitrogen and oxygen atoms in total. The lowest BCUT2D eigenvalue weighted by atomic mass is 10.0. The van der Waals surface area contributed by atoms with Crippen LogP contribution < -0.4 is 0 Å². The van der Waals surface area contributed by atoms with Gasteiger partial charge < -0.3 is 0 Å². The van der Waals surface area contributed by atoms with Crippen molar-refractivity contribution >= 4 is 15.8 Å². The highest BCUT2D eigenvalue weighted by atomic mass is 32.2. The molecule has 2 aromatic carbocycles. The largest absolute Gasteiger partial charge is 0.300 e. The zero-order valence-electron chi connectivity index (χ0n) is 12.3. The van der Waals surface area contributed by atoms with Gasteiger partial charge in [-0.15, -0.1) is 0 Å². The fourth-order valence-electron chi connectivity index (χ4n) is 2.88. The summed E-state index contributed by atoms with van der Waals surface area (Å²) in [6.45, 7) is 1.77. The van der Waals surface area contributed by atoms with Crippen molar-refractivity contribution in [1.82, 2.24) is 4.31 Å². The van der Waals surface area contributed by atoms with E-state index in [1.165, 1.54) is 11.2 Å². The average molecular weight is 315 g/mol. The number of carbonyl (C=O) groups is 1. The molecule has 0 saturated heterocycles. The summed E-state index contributed by atoms with van der Waals surface area (Å²) in [7, 11) is -3.56. The SMILES string of the molecule is CC(=O)CC1c2ccccc2S(=O)(=O)N1Cc1ccccc1. The molecule has 1 unspecified atom stereocenters. The lowest BCUT2D eigenvalue weighted by Crippen LogP contribution is -2.29. The highest BCUT2D eigenvalue weighted by Gasteiger charge is 2.42. The number of sulfonamides is 1. The van der Waals surface area contributed by atoms with Crippen LogP contribution in [0.5, 0.6) is 0 Å². The summed E-state index contributed by atoms with van der Waals surface area (Å²) in [5.41, 5.74) is 1.63. The van der Waals surface area contributed by atoms with Crippen molar-refractivity contribution in [2.45, 2.75) is 30.8 Å². The molecular weight excluding hydrogens is 298 g/mol. The van der Waals surface area contributed by atoms with Gasteiger partial charge in [0.25, 0.3) is 0 Å². The monoisotopic (exact) mass is 315 g/mol. The Labute approximate surface area is 130 Å². The third-order valence-electron chi connectivity index (χ3n) is 3.87. The Morgan fingerprint density at radius 3 is 2.36 bits per heavy atom. The predicted octanol–water partition coefficient (Wildman–Crippen LogP) is 2.91. The molecule has 2 aromatic rings. The Kier molecular flexibility index (Phi) is 3.85. The van der Waals surface area contributed by atoms with Crippen molar-refractivity contribution < 1.29 is 13.2 Å². The van der Waals surface area contributed by atoms with Crippen LogP contribution in [0.4, 0.5) is 0 Å². The highest BCUT2D eigenvalue weighted by molar-refractivity contribution is 7.89. The third-order valence-corrected chi connectivity index (χ3v) is 5.80. The van der Waals surface area contributed by atoms with Crippen LogP contribution in [0.3, 0.4) is 0 Å². The van der Waals surface area contributed by atoms with Crippen molar-refractivity contribution in [3.05, 3.63) is 65.7 Å². The first-order valence-electron chi connectivity index (χ1n) is 7.14. The second-order valence-corrected chi connectivity index (χ2v) is 7.35. The van der Waals surface area contributed by atoms with Crippen LogP contribution in [0, 0.1) is 0 Å². The molecule has 0 spiro atoms. The summed E-state index contributed by atoms with van der Waals surface area (Å²) in [6.07, 6.45) is 0.197. The van der Waals surface area contributed by atoms with E-state index in [-0.39, 0.29) is 18.7 Å². The van der Waals surface area contributed by atoms with Crippen molar-refractivity contribution in [2.75, 3.05) is 0 Å². The number of Topliss-reactive ketones (excluding diaryl/α,β-unsaturated/α-hetero) is 1. The van der Waals surface area contributed by atoms with E-state index in [0.717, 1.165) is 5.56 Å². The second-order valence-electron chi connectivity index (χ2n) is 5.50. The molecule has 22 heavy (non-hydrogen) atoms. The van der Waals surface area contributed by atoms with Crippen LogP contribution in [0.2, 0.25) is 0 Å². The number of fused-ring (bicyclic) bond motifs is 1. The number of benzene rings is 2. The number of rotatable bonds is 4.